The molecule has 108 valence electrons. The number of nitrogens with zero attached hydrogens (tertiary/aromatic N) is 1. The van der Waals surface area contributed by atoms with E-state index in [0.717, 1.165) is 19.3 Å². The lowest BCUT2D eigenvalue weighted by Crippen LogP contribution is -2.49. The summed E-state index contributed by atoms with van der Waals surface area (Å²) in [6, 6.07) is 0. The molecule has 1 saturated carbocycles. The molecule has 1 fully saturated rings. The summed E-state index contributed by atoms with van der Waals surface area (Å²) >= 11 is 0. The van der Waals surface area contributed by atoms with Gasteiger partial charge in [0.25, 0.3) is 10.0 Å². The first-order valence-corrected chi connectivity index (χ1v) is 7.73. The lowest BCUT2D eigenvalue weighted by molar-refractivity contribution is -0.0659. The number of aromatic nitrogens is 2. The number of H-pyrrole nitrogens is 1. The van der Waals surface area contributed by atoms with E-state index in [2.05, 4.69) is 20.2 Å². The predicted octanol–water partition coefficient (Wildman–Crippen LogP) is -0.0235. The van der Waals surface area contributed by atoms with Gasteiger partial charge in [-0.05, 0) is 26.3 Å². The SMILES string of the molecule is CNCc1cn[nH]c1S(=O)(=O)NCC1(OC)CCC1. The Kier molecular flexibility index (Phi) is 4.24. The first-order valence-electron chi connectivity index (χ1n) is 6.25. The number of hydrogen-bond acceptors (Lipinski definition) is 5. The highest BCUT2D eigenvalue weighted by atomic mass is 32.2. The van der Waals surface area contributed by atoms with Crippen molar-refractivity contribution in [2.45, 2.75) is 36.4 Å². The fourth-order valence-corrected chi connectivity index (χ4v) is 3.41. The highest BCUT2D eigenvalue weighted by Crippen LogP contribution is 2.34. The van der Waals surface area contributed by atoms with Gasteiger partial charge in [-0.1, -0.05) is 0 Å². The van der Waals surface area contributed by atoms with Crippen molar-refractivity contribution in [3.05, 3.63) is 11.8 Å². The Morgan fingerprint density at radius 2 is 2.26 bits per heavy atom. The highest BCUT2D eigenvalue weighted by molar-refractivity contribution is 7.89. The largest absolute Gasteiger partial charge is 0.377 e. The Hall–Kier alpha value is -0.960. The molecule has 1 heterocycles. The van der Waals surface area contributed by atoms with E-state index >= 15 is 0 Å². The van der Waals surface area contributed by atoms with Crippen LogP contribution in [-0.4, -0.2) is 44.9 Å². The Morgan fingerprint density at radius 1 is 1.53 bits per heavy atom. The molecule has 0 unspecified atom stereocenters. The molecule has 8 heteroatoms. The van der Waals surface area contributed by atoms with E-state index in [1.807, 2.05) is 0 Å². The number of ether oxygens (including phenoxy) is 1. The first kappa shape index (κ1) is 14.4. The summed E-state index contributed by atoms with van der Waals surface area (Å²) in [5.41, 5.74) is 0.283. The van der Waals surface area contributed by atoms with E-state index in [4.69, 9.17) is 4.74 Å². The zero-order chi connectivity index (χ0) is 13.9. The van der Waals surface area contributed by atoms with Crippen LogP contribution in [0.25, 0.3) is 0 Å². The quantitative estimate of drug-likeness (QED) is 0.655. The highest BCUT2D eigenvalue weighted by Gasteiger charge is 2.38. The first-order chi connectivity index (χ1) is 9.03. The van der Waals surface area contributed by atoms with Crippen LogP contribution in [0.5, 0.6) is 0 Å². The number of methoxy groups -OCH3 is 1. The van der Waals surface area contributed by atoms with Gasteiger partial charge in [0.15, 0.2) is 5.03 Å². The van der Waals surface area contributed by atoms with Gasteiger partial charge in [-0.3, -0.25) is 5.10 Å². The van der Waals surface area contributed by atoms with Crippen LogP contribution < -0.4 is 10.0 Å². The average molecular weight is 288 g/mol. The van der Waals surface area contributed by atoms with Crippen molar-refractivity contribution in [1.82, 2.24) is 20.2 Å². The molecule has 0 bridgehead atoms. The molecule has 0 aliphatic heterocycles. The standard InChI is InChI=1S/C11H20N4O3S/c1-12-6-9-7-13-15-10(9)19(16,17)14-8-11(18-2)4-3-5-11/h7,12,14H,3-6,8H2,1-2H3,(H,13,15). The number of rotatable bonds is 7. The molecular weight excluding hydrogens is 268 g/mol. The molecule has 1 aromatic rings. The molecule has 2 rings (SSSR count). The molecule has 7 nitrogen and oxygen atoms in total. The van der Waals surface area contributed by atoms with Crippen LogP contribution in [0.15, 0.2) is 11.2 Å². The fraction of sp³-hybridized carbons (Fsp3) is 0.727. The average Bonchev–Trinajstić information content (AvgIpc) is 2.78. The van der Waals surface area contributed by atoms with Gasteiger partial charge >= 0.3 is 0 Å². The molecule has 0 amide bonds. The summed E-state index contributed by atoms with van der Waals surface area (Å²) in [6.45, 7) is 0.742. The van der Waals surface area contributed by atoms with E-state index in [-0.39, 0.29) is 10.6 Å². The molecule has 0 spiro atoms. The lowest BCUT2D eigenvalue weighted by atomic mass is 9.80. The molecular formula is C11H20N4O3S. The van der Waals surface area contributed by atoms with Gasteiger partial charge in [0, 0.05) is 25.8 Å². The summed E-state index contributed by atoms with van der Waals surface area (Å²) in [5, 5.41) is 9.36. The van der Waals surface area contributed by atoms with Crippen LogP contribution in [0.4, 0.5) is 0 Å². The van der Waals surface area contributed by atoms with Crippen molar-refractivity contribution in [2.75, 3.05) is 20.7 Å². The van der Waals surface area contributed by atoms with Crippen LogP contribution >= 0.6 is 0 Å². The van der Waals surface area contributed by atoms with E-state index in [1.54, 1.807) is 14.2 Å². The summed E-state index contributed by atoms with van der Waals surface area (Å²) in [4.78, 5) is 0. The molecule has 0 aromatic carbocycles. The number of hydrogen-bond donors (Lipinski definition) is 3. The molecule has 19 heavy (non-hydrogen) atoms. The molecule has 1 aliphatic carbocycles. The van der Waals surface area contributed by atoms with Crippen molar-refractivity contribution in [2.24, 2.45) is 0 Å². The van der Waals surface area contributed by atoms with Crippen LogP contribution in [0.2, 0.25) is 0 Å². The van der Waals surface area contributed by atoms with Gasteiger partial charge in [0.05, 0.1) is 11.8 Å². The minimum Gasteiger partial charge on any atom is -0.377 e. The maximum Gasteiger partial charge on any atom is 0.257 e. The third kappa shape index (κ3) is 2.97. The predicted molar refractivity (Wildman–Crippen MR) is 70.1 cm³/mol. The maximum atomic E-state index is 12.2. The molecule has 0 saturated heterocycles. The number of sulfonamides is 1. The summed E-state index contributed by atoms with van der Waals surface area (Å²) in [5.74, 6) is 0. The number of aromatic amines is 1. The van der Waals surface area contributed by atoms with Gasteiger partial charge in [-0.15, -0.1) is 0 Å². The van der Waals surface area contributed by atoms with E-state index in [1.165, 1.54) is 6.20 Å². The van der Waals surface area contributed by atoms with Gasteiger partial charge < -0.3 is 10.1 Å². The summed E-state index contributed by atoms with van der Waals surface area (Å²) < 4.78 is 32.5. The normalized spacial score (nSPS) is 18.2. The Labute approximate surface area is 113 Å². The van der Waals surface area contributed by atoms with Gasteiger partial charge in [0.2, 0.25) is 0 Å². The zero-order valence-corrected chi connectivity index (χ0v) is 12.0. The number of nitrogens with one attached hydrogen (secondary N) is 3. The molecule has 3 N–H and O–H groups in total. The molecule has 0 atom stereocenters. The molecule has 0 radical (unpaired) electrons. The second-order valence-corrected chi connectivity index (χ2v) is 6.52. The van der Waals surface area contributed by atoms with Crippen molar-refractivity contribution < 1.29 is 13.2 Å². The fourth-order valence-electron chi connectivity index (χ4n) is 2.17. The van der Waals surface area contributed by atoms with Gasteiger partial charge in [-0.25, -0.2) is 13.1 Å². The third-order valence-electron chi connectivity index (χ3n) is 3.60. The zero-order valence-electron chi connectivity index (χ0n) is 11.2. The van der Waals surface area contributed by atoms with E-state index < -0.39 is 10.0 Å². The van der Waals surface area contributed by atoms with Crippen LogP contribution in [0.3, 0.4) is 0 Å². The second-order valence-electron chi connectivity index (χ2n) is 4.82. The van der Waals surface area contributed by atoms with Crippen LogP contribution in [0.1, 0.15) is 24.8 Å². The van der Waals surface area contributed by atoms with Crippen molar-refractivity contribution in [1.29, 1.82) is 0 Å². The Bertz CT molecular complexity index is 516. The van der Waals surface area contributed by atoms with Crippen LogP contribution in [0, 0.1) is 0 Å². The molecule has 1 aromatic heterocycles. The Morgan fingerprint density at radius 3 is 2.79 bits per heavy atom. The van der Waals surface area contributed by atoms with Crippen LogP contribution in [-0.2, 0) is 21.3 Å². The van der Waals surface area contributed by atoms with Gasteiger partial charge in [-0.2, -0.15) is 5.10 Å². The monoisotopic (exact) mass is 288 g/mol. The lowest BCUT2D eigenvalue weighted by Gasteiger charge is -2.40. The van der Waals surface area contributed by atoms with Crippen molar-refractivity contribution in [3.63, 3.8) is 0 Å². The summed E-state index contributed by atoms with van der Waals surface area (Å²) in [6.07, 6.45) is 4.36. The smallest absolute Gasteiger partial charge is 0.257 e. The molecule has 1 aliphatic rings. The Balaban J connectivity index is 2.07. The van der Waals surface area contributed by atoms with Crippen molar-refractivity contribution in [3.8, 4) is 0 Å². The van der Waals surface area contributed by atoms with Gasteiger partial charge in [0.1, 0.15) is 0 Å². The topological polar surface area (TPSA) is 96.1 Å². The summed E-state index contributed by atoms with van der Waals surface area (Å²) in [7, 11) is -0.201. The van der Waals surface area contributed by atoms with E-state index in [0.29, 0.717) is 18.7 Å². The minimum absolute atomic E-state index is 0.118. The van der Waals surface area contributed by atoms with Crippen molar-refractivity contribution >= 4 is 10.0 Å². The van der Waals surface area contributed by atoms with E-state index in [9.17, 15) is 8.42 Å². The third-order valence-corrected chi connectivity index (χ3v) is 5.01. The second kappa shape index (κ2) is 5.58. The maximum absolute atomic E-state index is 12.2. The minimum atomic E-state index is -3.58.